The Labute approximate surface area is 247 Å². The third kappa shape index (κ3) is 6.17. The summed E-state index contributed by atoms with van der Waals surface area (Å²) in [6, 6.07) is 12.3. The van der Waals surface area contributed by atoms with Gasteiger partial charge in [-0.2, -0.15) is 0 Å². The molecular formula is C31H35F2N5O3S. The first-order chi connectivity index (χ1) is 20.0. The first-order valence-corrected chi connectivity index (χ1v) is 14.5. The molecule has 222 valence electrons. The number of aromatic amines is 1. The second kappa shape index (κ2) is 13.0. The van der Waals surface area contributed by atoms with E-state index in [0.717, 1.165) is 37.0 Å². The zero-order valence-electron chi connectivity index (χ0n) is 24.0. The van der Waals surface area contributed by atoms with Gasteiger partial charge >= 0.3 is 0 Å². The minimum absolute atomic E-state index is 0.0160. The van der Waals surface area contributed by atoms with Crippen LogP contribution in [0.2, 0.25) is 0 Å². The third-order valence-corrected chi connectivity index (χ3v) is 9.10. The van der Waals surface area contributed by atoms with E-state index in [1.807, 2.05) is 37.4 Å². The molecule has 3 aromatic rings. The Hall–Kier alpha value is -3.83. The number of H-pyrrole nitrogens is 1. The number of nitrogens with one attached hydrogen (secondary N) is 4. The Balaban J connectivity index is 1.66. The van der Waals surface area contributed by atoms with Gasteiger partial charge in [0.1, 0.15) is 23.3 Å². The summed E-state index contributed by atoms with van der Waals surface area (Å²) in [4.78, 5) is 32.2. The largest absolute Gasteiger partial charge is 0.483 e. The van der Waals surface area contributed by atoms with Crippen LogP contribution in [0.3, 0.4) is 0 Å². The summed E-state index contributed by atoms with van der Waals surface area (Å²) in [6.45, 7) is 3.66. The monoisotopic (exact) mass is 595 g/mol. The quantitative estimate of drug-likeness (QED) is 0.140. The molecule has 0 aliphatic heterocycles. The lowest BCUT2D eigenvalue weighted by molar-refractivity contribution is 0.0352. The first-order valence-electron chi connectivity index (χ1n) is 13.7. The maximum absolute atomic E-state index is 14.3. The highest BCUT2D eigenvalue weighted by atomic mass is 32.2. The highest BCUT2D eigenvalue weighted by Gasteiger charge is 2.45. The van der Waals surface area contributed by atoms with Crippen molar-refractivity contribution >= 4 is 27.8 Å². The minimum Gasteiger partial charge on any atom is -0.483 e. The second-order valence-corrected chi connectivity index (χ2v) is 11.6. The van der Waals surface area contributed by atoms with Crippen molar-refractivity contribution in [3.05, 3.63) is 99.0 Å². The lowest BCUT2D eigenvalue weighted by Crippen LogP contribution is -2.60. The summed E-state index contributed by atoms with van der Waals surface area (Å²) in [6.07, 6.45) is 3.93. The summed E-state index contributed by atoms with van der Waals surface area (Å²) in [7, 11) is 3.51. The standard InChI is InChI=1S/C31H35F2N5O3S/c1-18-9-8-14-31(18,36-3)38(4)30(40)25-27(41-17-20-10-6-5-7-11-20)26(39)23(16-37-25)29(35)42-28(34)19(2)22-13-12-21(32)15-24(22)33/h5-7,10-13,15-16,18-19,34-36H,8-9,14,17H2,1-4H3,(H,37,39). The van der Waals surface area contributed by atoms with Crippen LogP contribution in [0.15, 0.2) is 59.5 Å². The number of hydrogen-bond donors (Lipinski definition) is 4. The van der Waals surface area contributed by atoms with E-state index in [2.05, 4.69) is 17.2 Å². The smallest absolute Gasteiger partial charge is 0.275 e. The predicted molar refractivity (Wildman–Crippen MR) is 162 cm³/mol. The van der Waals surface area contributed by atoms with Gasteiger partial charge in [0, 0.05) is 25.2 Å². The van der Waals surface area contributed by atoms with E-state index in [-0.39, 0.29) is 45.2 Å². The third-order valence-electron chi connectivity index (χ3n) is 8.10. The fraction of sp³-hybridized carbons (Fsp3) is 0.355. The Morgan fingerprint density at radius 1 is 1.24 bits per heavy atom. The summed E-state index contributed by atoms with van der Waals surface area (Å²) in [5.41, 5.74) is -0.517. The van der Waals surface area contributed by atoms with E-state index in [1.54, 1.807) is 18.9 Å². The molecule has 1 fully saturated rings. The van der Waals surface area contributed by atoms with Gasteiger partial charge < -0.3 is 14.6 Å². The summed E-state index contributed by atoms with van der Waals surface area (Å²) < 4.78 is 33.7. The van der Waals surface area contributed by atoms with Crippen molar-refractivity contribution < 1.29 is 18.3 Å². The number of thioether (sulfide) groups is 1. The van der Waals surface area contributed by atoms with Crippen molar-refractivity contribution in [2.75, 3.05) is 14.1 Å². The molecule has 0 saturated heterocycles. The molecule has 0 radical (unpaired) electrons. The van der Waals surface area contributed by atoms with Crippen LogP contribution < -0.4 is 15.5 Å². The van der Waals surface area contributed by atoms with Crippen molar-refractivity contribution in [1.29, 1.82) is 10.8 Å². The minimum atomic E-state index is -0.795. The normalized spacial score (nSPS) is 18.9. The Morgan fingerprint density at radius 2 is 1.95 bits per heavy atom. The van der Waals surface area contributed by atoms with Crippen LogP contribution in [0.4, 0.5) is 8.78 Å². The molecule has 42 heavy (non-hydrogen) atoms. The number of amides is 1. The number of nitrogens with zero attached hydrogens (tertiary/aromatic N) is 1. The summed E-state index contributed by atoms with van der Waals surface area (Å²) >= 11 is 0.675. The van der Waals surface area contributed by atoms with Gasteiger partial charge in [-0.15, -0.1) is 0 Å². The van der Waals surface area contributed by atoms with Crippen LogP contribution in [-0.2, 0) is 6.61 Å². The average Bonchev–Trinajstić information content (AvgIpc) is 3.36. The fourth-order valence-electron chi connectivity index (χ4n) is 5.50. The number of ether oxygens (including phenoxy) is 1. The number of rotatable bonds is 9. The highest BCUT2D eigenvalue weighted by molar-refractivity contribution is 8.26. The van der Waals surface area contributed by atoms with Crippen molar-refractivity contribution in [2.24, 2.45) is 5.92 Å². The molecule has 1 aliphatic carbocycles. The van der Waals surface area contributed by atoms with E-state index in [9.17, 15) is 18.4 Å². The molecular weight excluding hydrogens is 560 g/mol. The van der Waals surface area contributed by atoms with Gasteiger partial charge in [0.05, 0.1) is 16.3 Å². The van der Waals surface area contributed by atoms with Crippen LogP contribution in [0.5, 0.6) is 5.75 Å². The molecule has 4 rings (SSSR count). The van der Waals surface area contributed by atoms with Gasteiger partial charge in [0.2, 0.25) is 5.43 Å². The summed E-state index contributed by atoms with van der Waals surface area (Å²) in [5, 5.41) is 20.0. The maximum atomic E-state index is 14.3. The number of halogens is 2. The van der Waals surface area contributed by atoms with Gasteiger partial charge in [0.15, 0.2) is 11.4 Å². The van der Waals surface area contributed by atoms with Crippen LogP contribution in [-0.4, -0.2) is 45.6 Å². The van der Waals surface area contributed by atoms with E-state index in [0.29, 0.717) is 11.8 Å². The van der Waals surface area contributed by atoms with Crippen molar-refractivity contribution in [3.63, 3.8) is 0 Å². The number of hydrogen-bond acceptors (Lipinski definition) is 7. The van der Waals surface area contributed by atoms with Crippen LogP contribution in [0.1, 0.15) is 66.2 Å². The maximum Gasteiger partial charge on any atom is 0.275 e. The zero-order valence-corrected chi connectivity index (χ0v) is 24.8. The molecule has 8 nitrogen and oxygen atoms in total. The molecule has 1 aromatic heterocycles. The van der Waals surface area contributed by atoms with Gasteiger partial charge in [-0.25, -0.2) is 8.78 Å². The zero-order chi connectivity index (χ0) is 30.6. The lowest BCUT2D eigenvalue weighted by Gasteiger charge is -2.42. The fourth-order valence-corrected chi connectivity index (χ4v) is 6.29. The number of pyridine rings is 1. The molecule has 4 N–H and O–H groups in total. The molecule has 11 heteroatoms. The number of carbonyl (C=O) groups is 1. The molecule has 0 spiro atoms. The van der Waals surface area contributed by atoms with Crippen molar-refractivity contribution in [2.45, 2.75) is 51.3 Å². The molecule has 1 heterocycles. The number of benzene rings is 2. The Morgan fingerprint density at radius 3 is 2.57 bits per heavy atom. The Bertz CT molecular complexity index is 1550. The molecule has 3 atom stereocenters. The lowest BCUT2D eigenvalue weighted by atomic mass is 9.96. The Kier molecular flexibility index (Phi) is 9.63. The molecule has 2 aromatic carbocycles. The van der Waals surface area contributed by atoms with Crippen LogP contribution in [0, 0.1) is 28.4 Å². The second-order valence-electron chi connectivity index (χ2n) is 10.5. The molecule has 0 bridgehead atoms. The summed E-state index contributed by atoms with van der Waals surface area (Å²) in [5.74, 6) is -2.79. The molecule has 1 saturated carbocycles. The van der Waals surface area contributed by atoms with Crippen molar-refractivity contribution in [1.82, 2.24) is 15.2 Å². The topological polar surface area (TPSA) is 122 Å². The molecule has 1 aliphatic rings. The van der Waals surface area contributed by atoms with Gasteiger partial charge in [-0.1, -0.05) is 62.0 Å². The van der Waals surface area contributed by atoms with Crippen LogP contribution in [0.25, 0.3) is 0 Å². The van der Waals surface area contributed by atoms with Gasteiger partial charge in [0.25, 0.3) is 5.91 Å². The van der Waals surface area contributed by atoms with E-state index in [4.69, 9.17) is 15.6 Å². The molecule has 1 amide bonds. The average molecular weight is 596 g/mol. The van der Waals surface area contributed by atoms with Gasteiger partial charge in [-0.05, 0) is 49.4 Å². The van der Waals surface area contributed by atoms with Gasteiger partial charge in [-0.3, -0.25) is 25.7 Å². The highest BCUT2D eigenvalue weighted by Crippen LogP contribution is 2.38. The molecule has 3 unspecified atom stereocenters. The first kappa shape index (κ1) is 31.1. The van der Waals surface area contributed by atoms with E-state index < -0.39 is 34.6 Å². The SMILES string of the molecule is CNC1(N(C)C(=O)c2[nH]cc(C(=N)SC(=N)C(C)c3ccc(F)cc3F)c(=O)c2OCc2ccccc2)CCCC1C. The number of carbonyl (C=O) groups excluding carboxylic acids is 1. The van der Waals surface area contributed by atoms with E-state index in [1.165, 1.54) is 12.3 Å². The van der Waals surface area contributed by atoms with Crippen molar-refractivity contribution in [3.8, 4) is 5.75 Å². The predicted octanol–water partition coefficient (Wildman–Crippen LogP) is 5.88. The van der Waals surface area contributed by atoms with E-state index >= 15 is 0 Å². The number of aromatic nitrogens is 1. The van der Waals surface area contributed by atoms with Crippen LogP contribution >= 0.6 is 11.8 Å².